The quantitative estimate of drug-likeness (QED) is 0.497. The topological polar surface area (TPSA) is 74.9 Å². The third-order valence-corrected chi connectivity index (χ3v) is 7.31. The Hall–Kier alpha value is -2.55. The summed E-state index contributed by atoms with van der Waals surface area (Å²) >= 11 is 0. The van der Waals surface area contributed by atoms with Crippen molar-refractivity contribution in [1.82, 2.24) is 19.5 Å². The molecule has 2 aromatic heterocycles. The number of likely N-dealkylation sites (tertiary alicyclic amines) is 1. The SMILES string of the molecule is COC[C@H](C)Nc1ncc2c(-c3cccc(CN4CC[C@@H](F)C4)c3)cc(C3CCC(O)CC3)n2n1. The van der Waals surface area contributed by atoms with Crippen LogP contribution in [-0.4, -0.2) is 69.7 Å². The molecule has 8 heteroatoms. The van der Waals surface area contributed by atoms with E-state index in [1.165, 1.54) is 5.56 Å². The number of alkyl halides is 1. The van der Waals surface area contributed by atoms with Gasteiger partial charge in [-0.3, -0.25) is 4.90 Å². The van der Waals surface area contributed by atoms with Crippen LogP contribution in [0, 0.1) is 0 Å². The molecule has 1 saturated carbocycles. The fourth-order valence-corrected chi connectivity index (χ4v) is 5.51. The van der Waals surface area contributed by atoms with Crippen LogP contribution < -0.4 is 5.32 Å². The number of fused-ring (bicyclic) bond motifs is 1. The summed E-state index contributed by atoms with van der Waals surface area (Å²) in [5, 5.41) is 18.3. The predicted molar refractivity (Wildman–Crippen MR) is 135 cm³/mol. The van der Waals surface area contributed by atoms with Gasteiger partial charge in [-0.25, -0.2) is 13.9 Å². The van der Waals surface area contributed by atoms with Gasteiger partial charge in [-0.05, 0) is 62.3 Å². The van der Waals surface area contributed by atoms with Gasteiger partial charge in [-0.2, -0.15) is 0 Å². The summed E-state index contributed by atoms with van der Waals surface area (Å²) in [5.41, 5.74) is 5.55. The lowest BCUT2D eigenvalue weighted by Gasteiger charge is -2.25. The van der Waals surface area contributed by atoms with Crippen molar-refractivity contribution >= 4 is 11.5 Å². The molecule has 0 spiro atoms. The molecule has 35 heavy (non-hydrogen) atoms. The van der Waals surface area contributed by atoms with E-state index < -0.39 is 6.17 Å². The first-order valence-corrected chi connectivity index (χ1v) is 12.8. The highest BCUT2D eigenvalue weighted by molar-refractivity contribution is 5.82. The third-order valence-electron chi connectivity index (χ3n) is 7.31. The Morgan fingerprint density at radius 3 is 2.77 bits per heavy atom. The largest absolute Gasteiger partial charge is 0.393 e. The van der Waals surface area contributed by atoms with Crippen molar-refractivity contribution in [2.45, 2.75) is 69.8 Å². The first-order chi connectivity index (χ1) is 17.0. The van der Waals surface area contributed by atoms with Gasteiger partial charge in [0.05, 0.1) is 24.4 Å². The highest BCUT2D eigenvalue weighted by Gasteiger charge is 2.26. The van der Waals surface area contributed by atoms with Crippen LogP contribution in [0.3, 0.4) is 0 Å². The molecular weight excluding hydrogens is 445 g/mol. The summed E-state index contributed by atoms with van der Waals surface area (Å²) in [5.74, 6) is 0.915. The predicted octanol–water partition coefficient (Wildman–Crippen LogP) is 4.41. The Morgan fingerprint density at radius 1 is 1.20 bits per heavy atom. The van der Waals surface area contributed by atoms with Crippen LogP contribution in [0.25, 0.3) is 16.6 Å². The van der Waals surface area contributed by atoms with E-state index in [0.29, 0.717) is 31.4 Å². The Bertz CT molecular complexity index is 1140. The highest BCUT2D eigenvalue weighted by atomic mass is 19.1. The normalized spacial score (nSPS) is 24.2. The van der Waals surface area contributed by atoms with E-state index in [0.717, 1.165) is 61.1 Å². The number of benzene rings is 1. The zero-order valence-corrected chi connectivity index (χ0v) is 20.7. The lowest BCUT2D eigenvalue weighted by molar-refractivity contribution is 0.121. The molecule has 1 aromatic carbocycles. The number of nitrogens with zero attached hydrogens (tertiary/aromatic N) is 4. The lowest BCUT2D eigenvalue weighted by Crippen LogP contribution is -2.23. The second-order valence-electron chi connectivity index (χ2n) is 10.2. The van der Waals surface area contributed by atoms with Gasteiger partial charge in [0, 0.05) is 50.0 Å². The molecule has 1 saturated heterocycles. The first-order valence-electron chi connectivity index (χ1n) is 12.8. The molecule has 2 fully saturated rings. The van der Waals surface area contributed by atoms with E-state index >= 15 is 0 Å². The van der Waals surface area contributed by atoms with Crippen LogP contribution in [0.1, 0.15) is 56.2 Å². The molecule has 1 aliphatic heterocycles. The molecule has 2 aliphatic rings. The van der Waals surface area contributed by atoms with Crippen molar-refractivity contribution in [3.05, 3.63) is 47.8 Å². The fourth-order valence-electron chi connectivity index (χ4n) is 5.51. The Kier molecular flexibility index (Phi) is 7.32. The molecule has 0 bridgehead atoms. The number of aliphatic hydroxyl groups is 1. The molecule has 2 atom stereocenters. The maximum Gasteiger partial charge on any atom is 0.241 e. The van der Waals surface area contributed by atoms with E-state index in [1.54, 1.807) is 7.11 Å². The number of rotatable bonds is 8. The zero-order valence-electron chi connectivity index (χ0n) is 20.7. The van der Waals surface area contributed by atoms with E-state index in [2.05, 4.69) is 45.5 Å². The summed E-state index contributed by atoms with van der Waals surface area (Å²) in [7, 11) is 1.68. The number of halogens is 1. The summed E-state index contributed by atoms with van der Waals surface area (Å²) < 4.78 is 20.9. The monoisotopic (exact) mass is 481 g/mol. The summed E-state index contributed by atoms with van der Waals surface area (Å²) in [6.45, 7) is 4.69. The number of nitrogens with one attached hydrogen (secondary N) is 1. The maximum absolute atomic E-state index is 13.7. The zero-order chi connectivity index (χ0) is 24.4. The minimum atomic E-state index is -0.711. The van der Waals surface area contributed by atoms with Gasteiger partial charge in [0.2, 0.25) is 5.95 Å². The second kappa shape index (κ2) is 10.6. The van der Waals surface area contributed by atoms with Gasteiger partial charge < -0.3 is 15.2 Å². The van der Waals surface area contributed by atoms with Gasteiger partial charge in [0.1, 0.15) is 6.17 Å². The number of methoxy groups -OCH3 is 1. The second-order valence-corrected chi connectivity index (χ2v) is 10.2. The summed E-state index contributed by atoms with van der Waals surface area (Å²) in [4.78, 5) is 6.79. The minimum absolute atomic E-state index is 0.0898. The number of aromatic nitrogens is 3. The van der Waals surface area contributed by atoms with Crippen molar-refractivity contribution in [3.63, 3.8) is 0 Å². The maximum atomic E-state index is 13.7. The molecule has 3 heterocycles. The van der Waals surface area contributed by atoms with E-state index in [-0.39, 0.29) is 12.1 Å². The lowest BCUT2D eigenvalue weighted by atomic mass is 9.85. The van der Waals surface area contributed by atoms with Gasteiger partial charge in [0.15, 0.2) is 0 Å². The van der Waals surface area contributed by atoms with E-state index in [1.807, 2.05) is 17.6 Å². The van der Waals surface area contributed by atoms with Gasteiger partial charge >= 0.3 is 0 Å². The Morgan fingerprint density at radius 2 is 2.03 bits per heavy atom. The van der Waals surface area contributed by atoms with Crippen LogP contribution in [-0.2, 0) is 11.3 Å². The van der Waals surface area contributed by atoms with Crippen LogP contribution in [0.15, 0.2) is 36.5 Å². The Labute approximate surface area is 206 Å². The molecule has 3 aromatic rings. The van der Waals surface area contributed by atoms with Crippen molar-refractivity contribution in [2.75, 3.05) is 32.1 Å². The van der Waals surface area contributed by atoms with Crippen LogP contribution in [0.2, 0.25) is 0 Å². The smallest absolute Gasteiger partial charge is 0.241 e. The van der Waals surface area contributed by atoms with Crippen LogP contribution in [0.5, 0.6) is 0 Å². The Balaban J connectivity index is 1.49. The summed E-state index contributed by atoms with van der Waals surface area (Å²) in [6.07, 6.45) is 5.12. The minimum Gasteiger partial charge on any atom is -0.393 e. The number of aliphatic hydroxyl groups excluding tert-OH is 1. The molecule has 188 valence electrons. The number of hydrogen-bond acceptors (Lipinski definition) is 6. The van der Waals surface area contributed by atoms with E-state index in [9.17, 15) is 9.50 Å². The number of ether oxygens (including phenoxy) is 1. The van der Waals surface area contributed by atoms with Gasteiger partial charge in [-0.15, -0.1) is 5.10 Å². The molecular formula is C27H36FN5O2. The molecule has 2 N–H and O–H groups in total. The standard InChI is InChI=1S/C27H36FN5O2/c1-18(17-35-2)30-27-29-14-26-24(13-25(33(26)31-27)20-6-8-23(34)9-7-20)21-5-3-4-19(12-21)15-32-11-10-22(28)16-32/h3-5,12-14,18,20,22-23,34H,6-11,15-17H2,1-2H3,(H,30,31)/t18-,20?,22+,23?/m0/s1. The van der Waals surface area contributed by atoms with Crippen molar-refractivity contribution in [3.8, 4) is 11.1 Å². The first kappa shape index (κ1) is 24.2. The van der Waals surface area contributed by atoms with Crippen molar-refractivity contribution in [1.29, 1.82) is 0 Å². The van der Waals surface area contributed by atoms with Crippen molar-refractivity contribution < 1.29 is 14.2 Å². The van der Waals surface area contributed by atoms with Gasteiger partial charge in [-0.1, -0.05) is 18.2 Å². The molecule has 0 unspecified atom stereocenters. The van der Waals surface area contributed by atoms with Gasteiger partial charge in [0.25, 0.3) is 0 Å². The third kappa shape index (κ3) is 5.50. The van der Waals surface area contributed by atoms with E-state index in [4.69, 9.17) is 9.84 Å². The highest BCUT2D eigenvalue weighted by Crippen LogP contribution is 2.38. The average Bonchev–Trinajstić information content (AvgIpc) is 3.43. The number of hydrogen-bond donors (Lipinski definition) is 2. The summed E-state index contributed by atoms with van der Waals surface area (Å²) in [6, 6.07) is 10.9. The van der Waals surface area contributed by atoms with Crippen LogP contribution >= 0.6 is 0 Å². The number of anilines is 1. The molecule has 0 radical (unpaired) electrons. The molecule has 5 rings (SSSR count). The molecule has 7 nitrogen and oxygen atoms in total. The van der Waals surface area contributed by atoms with Crippen molar-refractivity contribution in [2.24, 2.45) is 0 Å². The fraction of sp³-hybridized carbons (Fsp3) is 0.556. The average molecular weight is 482 g/mol. The molecule has 0 amide bonds. The molecule has 1 aliphatic carbocycles. The van der Waals surface area contributed by atoms with Crippen LogP contribution in [0.4, 0.5) is 10.3 Å².